The number of rotatable bonds is 8. The fraction of sp³-hybridized carbons (Fsp3) is 0.318. The van der Waals surface area contributed by atoms with Gasteiger partial charge in [0, 0.05) is 31.5 Å². The topological polar surface area (TPSA) is 98.8 Å². The molecule has 2 aromatic heterocycles. The van der Waals surface area contributed by atoms with E-state index in [0.717, 1.165) is 16.8 Å². The third-order valence-corrected chi connectivity index (χ3v) is 5.36. The Morgan fingerprint density at radius 3 is 2.48 bits per heavy atom. The van der Waals surface area contributed by atoms with Crippen LogP contribution in [0, 0.1) is 0 Å². The molecular weight excluding hydrogens is 400 g/mol. The molecule has 0 aliphatic carbocycles. The standard InChI is InChI=1S/C22H24N4O5/c1-28-15-9-8-13(11-16(15)29-2)19-18-20(25-24-19)22(27)26(12-17(30-3)31-4)21(18)14-7-5-6-10-23-14/h5-11,17,21H,12H2,1-4H3,(H,24,25). The number of nitrogens with one attached hydrogen (secondary N) is 1. The number of pyridine rings is 1. The number of aromatic amines is 1. The molecule has 0 fully saturated rings. The van der Waals surface area contributed by atoms with Crippen LogP contribution in [0.2, 0.25) is 0 Å². The van der Waals surface area contributed by atoms with Crippen molar-refractivity contribution in [3.05, 3.63) is 59.5 Å². The van der Waals surface area contributed by atoms with Crippen molar-refractivity contribution < 1.29 is 23.7 Å². The Hall–Kier alpha value is -3.43. The highest BCUT2D eigenvalue weighted by Crippen LogP contribution is 2.43. The van der Waals surface area contributed by atoms with Gasteiger partial charge in [0.25, 0.3) is 5.91 Å². The van der Waals surface area contributed by atoms with Crippen LogP contribution in [-0.4, -0.2) is 67.3 Å². The van der Waals surface area contributed by atoms with Crippen molar-refractivity contribution in [2.45, 2.75) is 12.3 Å². The molecule has 31 heavy (non-hydrogen) atoms. The minimum absolute atomic E-state index is 0.191. The molecule has 3 aromatic rings. The molecule has 1 aromatic carbocycles. The van der Waals surface area contributed by atoms with Gasteiger partial charge < -0.3 is 23.8 Å². The van der Waals surface area contributed by atoms with Crippen molar-refractivity contribution >= 4 is 5.91 Å². The van der Waals surface area contributed by atoms with Crippen molar-refractivity contribution in [2.75, 3.05) is 35.0 Å². The van der Waals surface area contributed by atoms with Gasteiger partial charge in [-0.1, -0.05) is 6.07 Å². The molecule has 1 aliphatic rings. The van der Waals surface area contributed by atoms with E-state index < -0.39 is 12.3 Å². The highest BCUT2D eigenvalue weighted by Gasteiger charge is 2.43. The predicted octanol–water partition coefficient (Wildman–Crippen LogP) is 2.65. The van der Waals surface area contributed by atoms with Crippen LogP contribution in [-0.2, 0) is 9.47 Å². The molecule has 9 nitrogen and oxygen atoms in total. The molecule has 1 N–H and O–H groups in total. The lowest BCUT2D eigenvalue weighted by atomic mass is 9.99. The first kappa shape index (κ1) is 20.8. The molecule has 1 aliphatic heterocycles. The minimum Gasteiger partial charge on any atom is -0.493 e. The third-order valence-electron chi connectivity index (χ3n) is 5.36. The van der Waals surface area contributed by atoms with Crippen molar-refractivity contribution in [1.82, 2.24) is 20.1 Å². The van der Waals surface area contributed by atoms with Crippen molar-refractivity contribution in [3.63, 3.8) is 0 Å². The van der Waals surface area contributed by atoms with E-state index in [9.17, 15) is 4.79 Å². The summed E-state index contributed by atoms with van der Waals surface area (Å²) in [6, 6.07) is 10.7. The Bertz CT molecular complexity index is 1070. The largest absolute Gasteiger partial charge is 0.493 e. The van der Waals surface area contributed by atoms with Crippen LogP contribution in [0.4, 0.5) is 0 Å². The first-order valence-corrected chi connectivity index (χ1v) is 9.71. The summed E-state index contributed by atoms with van der Waals surface area (Å²) in [5.41, 5.74) is 3.34. The summed E-state index contributed by atoms with van der Waals surface area (Å²) in [6.45, 7) is 0.237. The van der Waals surface area contributed by atoms with E-state index in [0.29, 0.717) is 22.9 Å². The maximum Gasteiger partial charge on any atom is 0.273 e. The molecular formula is C22H24N4O5. The summed E-state index contributed by atoms with van der Waals surface area (Å²) in [4.78, 5) is 19.5. The van der Waals surface area contributed by atoms with E-state index in [1.54, 1.807) is 39.5 Å². The Kier molecular flexibility index (Phi) is 5.88. The second-order valence-electron chi connectivity index (χ2n) is 6.95. The number of fused-ring (bicyclic) bond motifs is 1. The maximum atomic E-state index is 13.3. The fourth-order valence-corrected chi connectivity index (χ4v) is 3.84. The van der Waals surface area contributed by atoms with Gasteiger partial charge in [-0.15, -0.1) is 0 Å². The van der Waals surface area contributed by atoms with Crippen molar-refractivity contribution in [3.8, 4) is 22.8 Å². The Balaban J connectivity index is 1.84. The second kappa shape index (κ2) is 8.75. The highest BCUT2D eigenvalue weighted by atomic mass is 16.7. The number of carbonyl (C=O) groups is 1. The molecule has 162 valence electrons. The molecule has 1 atom stereocenters. The lowest BCUT2D eigenvalue weighted by Crippen LogP contribution is -2.38. The van der Waals surface area contributed by atoms with E-state index in [4.69, 9.17) is 18.9 Å². The second-order valence-corrected chi connectivity index (χ2v) is 6.95. The Labute approximate surface area is 179 Å². The number of carbonyl (C=O) groups excluding carboxylic acids is 1. The number of hydrogen-bond acceptors (Lipinski definition) is 7. The van der Waals surface area contributed by atoms with E-state index >= 15 is 0 Å². The number of hydrogen-bond donors (Lipinski definition) is 1. The van der Waals surface area contributed by atoms with Crippen LogP contribution < -0.4 is 9.47 Å². The van der Waals surface area contributed by atoms with Gasteiger partial charge in [0.2, 0.25) is 0 Å². The predicted molar refractivity (Wildman–Crippen MR) is 112 cm³/mol. The molecule has 1 unspecified atom stereocenters. The quantitative estimate of drug-likeness (QED) is 0.555. The summed E-state index contributed by atoms with van der Waals surface area (Å²) in [7, 11) is 6.24. The van der Waals surface area contributed by atoms with Crippen LogP contribution in [0.3, 0.4) is 0 Å². The molecule has 9 heteroatoms. The molecule has 0 radical (unpaired) electrons. The summed E-state index contributed by atoms with van der Waals surface area (Å²) in [5, 5.41) is 7.38. The van der Waals surface area contributed by atoms with Gasteiger partial charge in [-0.2, -0.15) is 5.10 Å². The number of amides is 1. The van der Waals surface area contributed by atoms with Gasteiger partial charge in [0.15, 0.2) is 17.8 Å². The van der Waals surface area contributed by atoms with Crippen molar-refractivity contribution in [2.24, 2.45) is 0 Å². The molecule has 0 bridgehead atoms. The highest BCUT2D eigenvalue weighted by molar-refractivity contribution is 6.00. The van der Waals surface area contributed by atoms with Gasteiger partial charge in [-0.05, 0) is 30.3 Å². The monoisotopic (exact) mass is 424 g/mol. The maximum absolute atomic E-state index is 13.3. The number of methoxy groups -OCH3 is 4. The summed E-state index contributed by atoms with van der Waals surface area (Å²) in [6.07, 6.45) is 1.13. The van der Waals surface area contributed by atoms with Gasteiger partial charge >= 0.3 is 0 Å². The summed E-state index contributed by atoms with van der Waals surface area (Å²) >= 11 is 0. The SMILES string of the molecule is COc1ccc(-c2n[nH]c3c2C(c2ccccn2)N(CC(OC)OC)C3=O)cc1OC. The molecule has 0 saturated carbocycles. The van der Waals surface area contributed by atoms with E-state index in [1.165, 1.54) is 0 Å². The number of H-pyrrole nitrogens is 1. The van der Waals surface area contributed by atoms with E-state index in [1.807, 2.05) is 36.4 Å². The van der Waals surface area contributed by atoms with Crippen LogP contribution in [0.5, 0.6) is 11.5 Å². The average Bonchev–Trinajstić information content (AvgIpc) is 3.36. The normalized spacial score (nSPS) is 15.5. The molecule has 4 rings (SSSR count). The lowest BCUT2D eigenvalue weighted by molar-refractivity contribution is -0.113. The smallest absolute Gasteiger partial charge is 0.273 e. The van der Waals surface area contributed by atoms with Gasteiger partial charge in [0.1, 0.15) is 11.7 Å². The first-order valence-electron chi connectivity index (χ1n) is 9.71. The third kappa shape index (κ3) is 3.62. The fourth-order valence-electron chi connectivity index (χ4n) is 3.84. The van der Waals surface area contributed by atoms with Crippen LogP contribution in [0.1, 0.15) is 27.8 Å². The molecule has 0 saturated heterocycles. The van der Waals surface area contributed by atoms with Gasteiger partial charge in [-0.3, -0.25) is 14.9 Å². The molecule has 1 amide bonds. The van der Waals surface area contributed by atoms with Crippen LogP contribution >= 0.6 is 0 Å². The molecule has 3 heterocycles. The van der Waals surface area contributed by atoms with Crippen LogP contribution in [0.25, 0.3) is 11.3 Å². The van der Waals surface area contributed by atoms with Gasteiger partial charge in [0.05, 0.1) is 32.2 Å². The number of nitrogens with zero attached hydrogens (tertiary/aromatic N) is 3. The van der Waals surface area contributed by atoms with Gasteiger partial charge in [-0.25, -0.2) is 0 Å². The number of benzene rings is 1. The first-order chi connectivity index (χ1) is 15.1. The van der Waals surface area contributed by atoms with E-state index in [2.05, 4.69) is 15.2 Å². The number of ether oxygens (including phenoxy) is 4. The zero-order valence-corrected chi connectivity index (χ0v) is 17.8. The average molecular weight is 424 g/mol. The zero-order chi connectivity index (χ0) is 22.0. The molecule has 0 spiro atoms. The lowest BCUT2D eigenvalue weighted by Gasteiger charge is -2.28. The van der Waals surface area contributed by atoms with Crippen molar-refractivity contribution in [1.29, 1.82) is 0 Å². The Morgan fingerprint density at radius 1 is 1.06 bits per heavy atom. The Morgan fingerprint density at radius 2 is 1.84 bits per heavy atom. The van der Waals surface area contributed by atoms with E-state index in [-0.39, 0.29) is 12.5 Å². The number of aromatic nitrogens is 3. The summed E-state index contributed by atoms with van der Waals surface area (Å²) in [5.74, 6) is 0.996. The summed E-state index contributed by atoms with van der Waals surface area (Å²) < 4.78 is 21.5. The van der Waals surface area contributed by atoms with Crippen LogP contribution in [0.15, 0.2) is 42.6 Å². The zero-order valence-electron chi connectivity index (χ0n) is 17.8. The minimum atomic E-state index is -0.573.